The van der Waals surface area contributed by atoms with Gasteiger partial charge >= 0.3 is 0 Å². The van der Waals surface area contributed by atoms with Gasteiger partial charge in [0.25, 0.3) is 0 Å². The molecule has 22 heavy (non-hydrogen) atoms. The van der Waals surface area contributed by atoms with Crippen molar-refractivity contribution in [1.82, 2.24) is 4.90 Å². The fourth-order valence-electron chi connectivity index (χ4n) is 3.86. The van der Waals surface area contributed by atoms with Crippen molar-refractivity contribution in [1.29, 1.82) is 0 Å². The highest BCUT2D eigenvalue weighted by atomic mass is 16.2. The maximum atomic E-state index is 12.6. The van der Waals surface area contributed by atoms with Gasteiger partial charge in [-0.1, -0.05) is 24.3 Å². The Balaban J connectivity index is 1.77. The van der Waals surface area contributed by atoms with Crippen LogP contribution in [0.15, 0.2) is 24.3 Å². The second-order valence-corrected chi connectivity index (χ2v) is 7.19. The summed E-state index contributed by atoms with van der Waals surface area (Å²) in [5.74, 6) is 1.46. The Bertz CT molecular complexity index is 408. The minimum Gasteiger partial charge on any atom is -0.339 e. The van der Waals surface area contributed by atoms with Crippen LogP contribution >= 0.6 is 0 Å². The van der Waals surface area contributed by atoms with Crippen LogP contribution in [-0.4, -0.2) is 43.5 Å². The minimum absolute atomic E-state index is 0.245. The number of carbonyl (C=O) groups is 1. The summed E-state index contributed by atoms with van der Waals surface area (Å²) in [7, 11) is 0. The Hall–Kier alpha value is -1.09. The summed E-state index contributed by atoms with van der Waals surface area (Å²) >= 11 is 0. The summed E-state index contributed by atoms with van der Waals surface area (Å²) in [4.78, 5) is 16.3. The van der Waals surface area contributed by atoms with Crippen LogP contribution in [-0.2, 0) is 4.79 Å². The maximum absolute atomic E-state index is 12.6. The van der Waals surface area contributed by atoms with Gasteiger partial charge in [-0.15, -0.1) is 0 Å². The van der Waals surface area contributed by atoms with Gasteiger partial charge in [0.1, 0.15) is 0 Å². The van der Waals surface area contributed by atoms with E-state index in [2.05, 4.69) is 25.7 Å². The van der Waals surface area contributed by atoms with Crippen molar-refractivity contribution < 1.29 is 9.69 Å². The lowest BCUT2D eigenvalue weighted by Crippen LogP contribution is -3.13. The Morgan fingerprint density at radius 2 is 2.00 bits per heavy atom. The van der Waals surface area contributed by atoms with Crippen molar-refractivity contribution in [3.63, 3.8) is 0 Å². The molecule has 1 atom stereocenters. The molecular weight excluding hydrogens is 272 g/mol. The van der Waals surface area contributed by atoms with E-state index in [1.165, 1.54) is 38.9 Å². The average molecular weight is 305 g/mol. The monoisotopic (exact) mass is 305 g/mol. The molecule has 0 aromatic heterocycles. The molecule has 1 N–H and O–H groups in total. The predicted octanol–water partition coefficient (Wildman–Crippen LogP) is 2.06. The quantitative estimate of drug-likeness (QED) is 0.747. The van der Waals surface area contributed by atoms with E-state index in [1.54, 1.807) is 4.90 Å². The average Bonchev–Trinajstić information content (AvgIpc) is 2.53. The molecule has 1 aliphatic carbocycles. The first-order chi connectivity index (χ1) is 10.6. The van der Waals surface area contributed by atoms with Crippen LogP contribution in [0.4, 0.5) is 0 Å². The fourth-order valence-corrected chi connectivity index (χ4v) is 3.86. The number of likely N-dealkylation sites (N-methyl/N-ethyl adjacent to an activating group) is 1. The van der Waals surface area contributed by atoms with Crippen molar-refractivity contribution >= 4 is 5.91 Å². The number of piperidine rings is 1. The molecule has 2 aliphatic rings. The van der Waals surface area contributed by atoms with Gasteiger partial charge in [-0.25, -0.2) is 0 Å². The molecular formula is C19H33N2O+. The Morgan fingerprint density at radius 1 is 1.27 bits per heavy atom. The molecule has 0 aromatic carbocycles. The highest BCUT2D eigenvalue weighted by molar-refractivity contribution is 5.79. The first-order valence-electron chi connectivity index (χ1n) is 9.01. The molecule has 0 aromatic rings. The summed E-state index contributed by atoms with van der Waals surface area (Å²) in [6, 6.07) is 0. The number of amides is 1. The molecule has 3 heteroatoms. The zero-order chi connectivity index (χ0) is 15.9. The third kappa shape index (κ3) is 4.98. The maximum Gasteiger partial charge on any atom is 0.226 e. The first-order valence-corrected chi connectivity index (χ1v) is 9.01. The summed E-state index contributed by atoms with van der Waals surface area (Å²) in [5.41, 5.74) is 1.07. The second kappa shape index (κ2) is 8.52. The summed E-state index contributed by atoms with van der Waals surface area (Å²) in [6.07, 6.45) is 10.6. The van der Waals surface area contributed by atoms with E-state index in [0.717, 1.165) is 37.4 Å². The van der Waals surface area contributed by atoms with Gasteiger partial charge < -0.3 is 9.80 Å². The summed E-state index contributed by atoms with van der Waals surface area (Å²) in [6.45, 7) is 13.2. The summed E-state index contributed by atoms with van der Waals surface area (Å²) in [5, 5.41) is 0. The molecule has 1 aliphatic heterocycles. The topological polar surface area (TPSA) is 24.8 Å². The number of carbonyl (C=O) groups excluding carboxylic acids is 1. The molecule has 0 spiro atoms. The fraction of sp³-hybridized carbons (Fsp3) is 0.737. The van der Waals surface area contributed by atoms with Gasteiger partial charge in [-0.2, -0.15) is 0 Å². The van der Waals surface area contributed by atoms with E-state index >= 15 is 0 Å². The highest BCUT2D eigenvalue weighted by Gasteiger charge is 2.31. The van der Waals surface area contributed by atoms with Crippen LogP contribution in [0.2, 0.25) is 0 Å². The minimum atomic E-state index is 0.245. The van der Waals surface area contributed by atoms with Crippen LogP contribution in [0.25, 0.3) is 0 Å². The zero-order valence-corrected chi connectivity index (χ0v) is 14.4. The molecule has 1 saturated heterocycles. The molecule has 0 radical (unpaired) electrons. The van der Waals surface area contributed by atoms with Crippen LogP contribution in [0, 0.1) is 11.8 Å². The number of nitrogens with one attached hydrogen (secondary N) is 1. The normalized spacial score (nSPS) is 28.4. The van der Waals surface area contributed by atoms with Crippen molar-refractivity contribution in [2.24, 2.45) is 11.8 Å². The molecule has 1 fully saturated rings. The number of nitrogens with zero attached hydrogens (tertiary/aromatic N) is 1. The van der Waals surface area contributed by atoms with E-state index in [1.807, 2.05) is 11.8 Å². The van der Waals surface area contributed by atoms with Gasteiger partial charge in [0.15, 0.2) is 0 Å². The van der Waals surface area contributed by atoms with Crippen LogP contribution in [0.1, 0.15) is 46.0 Å². The lowest BCUT2D eigenvalue weighted by atomic mass is 9.91. The smallest absolute Gasteiger partial charge is 0.226 e. The van der Waals surface area contributed by atoms with E-state index in [0.29, 0.717) is 5.91 Å². The van der Waals surface area contributed by atoms with E-state index < -0.39 is 0 Å². The van der Waals surface area contributed by atoms with Gasteiger partial charge in [0.05, 0.1) is 19.6 Å². The lowest BCUT2D eigenvalue weighted by Gasteiger charge is -2.33. The number of hydrogen-bond donors (Lipinski definition) is 1. The predicted molar refractivity (Wildman–Crippen MR) is 91.8 cm³/mol. The zero-order valence-electron chi connectivity index (χ0n) is 14.4. The number of rotatable bonds is 6. The third-order valence-corrected chi connectivity index (χ3v) is 5.15. The number of allylic oxidation sites excluding steroid dienone is 2. The van der Waals surface area contributed by atoms with Crippen molar-refractivity contribution in [2.45, 2.75) is 46.0 Å². The molecule has 2 rings (SSSR count). The number of hydrogen-bond acceptors (Lipinski definition) is 1. The summed E-state index contributed by atoms with van der Waals surface area (Å²) < 4.78 is 0. The van der Waals surface area contributed by atoms with E-state index in [-0.39, 0.29) is 5.92 Å². The van der Waals surface area contributed by atoms with Crippen molar-refractivity contribution in [3.8, 4) is 0 Å². The Morgan fingerprint density at radius 3 is 2.55 bits per heavy atom. The molecule has 1 heterocycles. The van der Waals surface area contributed by atoms with Crippen molar-refractivity contribution in [3.05, 3.63) is 24.3 Å². The Kier molecular flexibility index (Phi) is 6.69. The standard InChI is InChI=1S/C19H32N2O/c1-4-21(14-16(2)3)19(22)18-10-12-20(13-11-18)15-17-8-6-5-7-9-17/h5-6,17-18H,2,4,7-15H2,1,3H3/p+1/t17-/m1/s1. The second-order valence-electron chi connectivity index (χ2n) is 7.19. The van der Waals surface area contributed by atoms with Gasteiger partial charge in [0, 0.05) is 37.8 Å². The van der Waals surface area contributed by atoms with Crippen molar-refractivity contribution in [2.75, 3.05) is 32.7 Å². The molecule has 0 saturated carbocycles. The Labute approximate surface area is 136 Å². The molecule has 124 valence electrons. The van der Waals surface area contributed by atoms with Gasteiger partial charge in [-0.05, 0) is 33.1 Å². The van der Waals surface area contributed by atoms with Gasteiger partial charge in [-0.3, -0.25) is 4.79 Å². The number of quaternary nitrogens is 1. The lowest BCUT2D eigenvalue weighted by molar-refractivity contribution is -0.909. The van der Waals surface area contributed by atoms with Crippen LogP contribution in [0.5, 0.6) is 0 Å². The number of likely N-dealkylation sites (tertiary alicyclic amines) is 1. The van der Waals surface area contributed by atoms with Gasteiger partial charge in [0.2, 0.25) is 5.91 Å². The molecule has 0 unspecified atom stereocenters. The molecule has 1 amide bonds. The first kappa shape index (κ1) is 17.3. The van der Waals surface area contributed by atoms with Crippen LogP contribution < -0.4 is 4.90 Å². The SMILES string of the molecule is C=C(C)CN(CC)C(=O)C1CC[NH+](C[C@@H]2CC=CCC2)CC1. The molecule has 3 nitrogen and oxygen atoms in total. The van der Waals surface area contributed by atoms with Crippen LogP contribution in [0.3, 0.4) is 0 Å². The molecule has 0 bridgehead atoms. The highest BCUT2D eigenvalue weighted by Crippen LogP contribution is 2.18. The largest absolute Gasteiger partial charge is 0.339 e. The van der Waals surface area contributed by atoms with E-state index in [9.17, 15) is 4.79 Å². The third-order valence-electron chi connectivity index (χ3n) is 5.15. The van der Waals surface area contributed by atoms with E-state index in [4.69, 9.17) is 0 Å².